The maximum absolute atomic E-state index is 13.3. The lowest BCUT2D eigenvalue weighted by Gasteiger charge is -2.19. The van der Waals surface area contributed by atoms with Crippen LogP contribution < -0.4 is 0 Å². The van der Waals surface area contributed by atoms with Gasteiger partial charge >= 0.3 is 6.09 Å². The smallest absolute Gasteiger partial charge is 0.428 e. The van der Waals surface area contributed by atoms with E-state index in [1.165, 1.54) is 12.1 Å². The number of carbonyl (C=O) groups excluding carboxylic acids is 1. The van der Waals surface area contributed by atoms with Crippen molar-refractivity contribution < 1.29 is 17.9 Å². The molecular weight excluding hydrogens is 386 g/mol. The number of carbonyl (C=O) groups is 1. The molecule has 1 heterocycles. The average molecular weight is 405 g/mol. The van der Waals surface area contributed by atoms with Gasteiger partial charge in [0.05, 0.1) is 10.6 Å². The lowest BCUT2D eigenvalue weighted by atomic mass is 9.96. The molecule has 0 aromatic heterocycles. The van der Waals surface area contributed by atoms with Crippen molar-refractivity contribution in [3.63, 3.8) is 0 Å². The Hall–Kier alpha value is -3.38. The number of hydrogen-bond donors (Lipinski definition) is 0. The molecule has 0 saturated carbocycles. The Balaban J connectivity index is 1.95. The van der Waals surface area contributed by atoms with E-state index >= 15 is 0 Å². The van der Waals surface area contributed by atoms with Crippen LogP contribution in [0, 0.1) is 6.92 Å². The van der Waals surface area contributed by atoms with E-state index < -0.39 is 16.1 Å². The van der Waals surface area contributed by atoms with Crippen molar-refractivity contribution in [3.05, 3.63) is 107 Å². The summed E-state index contributed by atoms with van der Waals surface area (Å²) in [5, 5.41) is 0. The highest BCUT2D eigenvalue weighted by Gasteiger charge is 2.41. The summed E-state index contributed by atoms with van der Waals surface area (Å²) < 4.78 is 32.6. The average Bonchev–Trinajstić information content (AvgIpc) is 3.12. The molecule has 0 unspecified atom stereocenters. The summed E-state index contributed by atoms with van der Waals surface area (Å²) in [5.41, 5.74) is 3.48. The zero-order chi connectivity index (χ0) is 20.4. The molecule has 1 amide bonds. The van der Waals surface area contributed by atoms with Crippen LogP contribution in [-0.4, -0.2) is 25.4 Å². The minimum absolute atomic E-state index is 0.0416. The molecule has 0 atom stereocenters. The van der Waals surface area contributed by atoms with Crippen molar-refractivity contribution in [1.29, 1.82) is 0 Å². The summed E-state index contributed by atoms with van der Waals surface area (Å²) in [6.07, 6.45) is -0.898. The van der Waals surface area contributed by atoms with Gasteiger partial charge in [-0.1, -0.05) is 78.4 Å². The van der Waals surface area contributed by atoms with Gasteiger partial charge in [-0.05, 0) is 30.2 Å². The summed E-state index contributed by atoms with van der Waals surface area (Å²) in [7, 11) is -4.11. The lowest BCUT2D eigenvalue weighted by Crippen LogP contribution is -2.31. The second-order valence-corrected chi connectivity index (χ2v) is 8.48. The Kier molecular flexibility index (Phi) is 4.94. The van der Waals surface area contributed by atoms with Gasteiger partial charge in [0.1, 0.15) is 6.61 Å². The quantitative estimate of drug-likeness (QED) is 0.637. The number of sulfonamides is 1. The first-order valence-electron chi connectivity index (χ1n) is 9.11. The second-order valence-electron chi connectivity index (χ2n) is 6.69. The first kappa shape index (κ1) is 19.0. The normalized spacial score (nSPS) is 14.0. The van der Waals surface area contributed by atoms with Crippen molar-refractivity contribution in [2.75, 3.05) is 6.61 Å². The fourth-order valence-corrected chi connectivity index (χ4v) is 4.67. The molecule has 146 valence electrons. The van der Waals surface area contributed by atoms with Crippen LogP contribution >= 0.6 is 0 Å². The standard InChI is InChI=1S/C23H19NO4S/c1-17-12-14-20(15-13-17)29(26,27)24-21(16-28-23(24)25)22(18-8-4-2-5-9-18)19-10-6-3-7-11-19/h2-15H,16H2,1H3. The van der Waals surface area contributed by atoms with Crippen LogP contribution in [0.15, 0.2) is 95.5 Å². The number of cyclic esters (lactones) is 1. The molecule has 1 aliphatic heterocycles. The molecule has 0 bridgehead atoms. The van der Waals surface area contributed by atoms with Gasteiger partial charge in [-0.15, -0.1) is 0 Å². The van der Waals surface area contributed by atoms with Crippen molar-refractivity contribution >= 4 is 21.7 Å². The number of benzene rings is 3. The van der Waals surface area contributed by atoms with Crippen molar-refractivity contribution in [2.24, 2.45) is 0 Å². The van der Waals surface area contributed by atoms with Gasteiger partial charge in [0.2, 0.25) is 0 Å². The zero-order valence-electron chi connectivity index (χ0n) is 15.8. The van der Waals surface area contributed by atoms with Gasteiger partial charge in [-0.3, -0.25) is 0 Å². The van der Waals surface area contributed by atoms with Gasteiger partial charge in [-0.2, -0.15) is 4.31 Å². The van der Waals surface area contributed by atoms with Crippen LogP contribution in [0.1, 0.15) is 16.7 Å². The van der Waals surface area contributed by atoms with E-state index in [0.717, 1.165) is 21.0 Å². The monoisotopic (exact) mass is 405 g/mol. The largest absolute Gasteiger partial charge is 0.442 e. The van der Waals surface area contributed by atoms with E-state index in [2.05, 4.69) is 0 Å². The SMILES string of the molecule is Cc1ccc(S(=O)(=O)N2C(=O)OCC2=C(c2ccccc2)c2ccccc2)cc1. The molecule has 1 fully saturated rings. The maximum atomic E-state index is 13.3. The molecular formula is C23H19NO4S. The minimum atomic E-state index is -4.11. The Labute approximate surface area is 169 Å². The molecule has 0 N–H and O–H groups in total. The van der Waals surface area contributed by atoms with E-state index in [1.807, 2.05) is 67.6 Å². The number of rotatable bonds is 4. The van der Waals surface area contributed by atoms with E-state index in [4.69, 9.17) is 4.74 Å². The molecule has 1 aliphatic rings. The van der Waals surface area contributed by atoms with Gasteiger partial charge in [0, 0.05) is 5.57 Å². The van der Waals surface area contributed by atoms with Gasteiger partial charge in [-0.25, -0.2) is 13.2 Å². The minimum Gasteiger partial charge on any atom is -0.442 e. The molecule has 29 heavy (non-hydrogen) atoms. The van der Waals surface area contributed by atoms with E-state index in [-0.39, 0.29) is 11.5 Å². The number of ether oxygens (including phenoxy) is 1. The molecule has 6 heteroatoms. The lowest BCUT2D eigenvalue weighted by molar-refractivity contribution is 0.170. The Bertz CT molecular complexity index is 1130. The fraction of sp³-hybridized carbons (Fsp3) is 0.0870. The van der Waals surface area contributed by atoms with Crippen molar-refractivity contribution in [3.8, 4) is 0 Å². The van der Waals surface area contributed by atoms with Crippen LogP contribution in [0.25, 0.3) is 5.57 Å². The van der Waals surface area contributed by atoms with Crippen LogP contribution in [0.2, 0.25) is 0 Å². The zero-order valence-corrected chi connectivity index (χ0v) is 16.6. The predicted octanol–water partition coefficient (Wildman–Crippen LogP) is 4.60. The summed E-state index contributed by atoms with van der Waals surface area (Å²) >= 11 is 0. The summed E-state index contributed by atoms with van der Waals surface area (Å²) in [4.78, 5) is 12.6. The third kappa shape index (κ3) is 3.54. The Morgan fingerprint density at radius 3 is 1.86 bits per heavy atom. The maximum Gasteiger partial charge on any atom is 0.428 e. The van der Waals surface area contributed by atoms with Crippen LogP contribution in [0.3, 0.4) is 0 Å². The highest BCUT2D eigenvalue weighted by molar-refractivity contribution is 7.89. The highest BCUT2D eigenvalue weighted by Crippen LogP contribution is 2.35. The molecule has 0 radical (unpaired) electrons. The third-order valence-electron chi connectivity index (χ3n) is 4.72. The fourth-order valence-electron chi connectivity index (χ4n) is 3.30. The molecule has 4 rings (SSSR count). The molecule has 3 aromatic rings. The Morgan fingerprint density at radius 2 is 1.34 bits per heavy atom. The number of hydrogen-bond acceptors (Lipinski definition) is 4. The third-order valence-corrected chi connectivity index (χ3v) is 6.43. The summed E-state index contributed by atoms with van der Waals surface area (Å²) in [6, 6.07) is 25.2. The van der Waals surface area contributed by atoms with E-state index in [1.54, 1.807) is 12.1 Å². The van der Waals surface area contributed by atoms with Crippen molar-refractivity contribution in [1.82, 2.24) is 4.31 Å². The predicted molar refractivity (Wildman–Crippen MR) is 110 cm³/mol. The Morgan fingerprint density at radius 1 is 0.828 bits per heavy atom. The molecule has 0 spiro atoms. The van der Waals surface area contributed by atoms with E-state index in [0.29, 0.717) is 11.3 Å². The highest BCUT2D eigenvalue weighted by atomic mass is 32.2. The van der Waals surface area contributed by atoms with Gasteiger partial charge < -0.3 is 4.74 Å². The number of amides is 1. The second kappa shape index (κ2) is 7.56. The molecule has 3 aromatic carbocycles. The van der Waals surface area contributed by atoms with Crippen LogP contribution in [0.4, 0.5) is 4.79 Å². The molecule has 1 saturated heterocycles. The van der Waals surface area contributed by atoms with E-state index in [9.17, 15) is 13.2 Å². The summed E-state index contributed by atoms with van der Waals surface area (Å²) in [6.45, 7) is 1.75. The molecule has 5 nitrogen and oxygen atoms in total. The number of aryl methyl sites for hydroxylation is 1. The molecule has 0 aliphatic carbocycles. The van der Waals surface area contributed by atoms with Crippen LogP contribution in [0.5, 0.6) is 0 Å². The topological polar surface area (TPSA) is 63.7 Å². The first-order valence-corrected chi connectivity index (χ1v) is 10.6. The van der Waals surface area contributed by atoms with Gasteiger partial charge in [0.25, 0.3) is 10.0 Å². The number of nitrogens with zero attached hydrogens (tertiary/aromatic N) is 1. The first-order chi connectivity index (χ1) is 14.0. The van der Waals surface area contributed by atoms with Crippen molar-refractivity contribution in [2.45, 2.75) is 11.8 Å². The van der Waals surface area contributed by atoms with Crippen LogP contribution in [-0.2, 0) is 14.8 Å². The summed E-state index contributed by atoms with van der Waals surface area (Å²) in [5.74, 6) is 0. The van der Waals surface area contributed by atoms with Gasteiger partial charge in [0.15, 0.2) is 0 Å².